The summed E-state index contributed by atoms with van der Waals surface area (Å²) in [7, 11) is 0. The van der Waals surface area contributed by atoms with E-state index in [0.717, 1.165) is 25.9 Å². The second-order valence-corrected chi connectivity index (χ2v) is 5.66. The van der Waals surface area contributed by atoms with Crippen molar-refractivity contribution in [1.29, 1.82) is 0 Å². The van der Waals surface area contributed by atoms with E-state index >= 15 is 0 Å². The van der Waals surface area contributed by atoms with Crippen molar-refractivity contribution in [2.45, 2.75) is 18.8 Å². The Labute approximate surface area is 122 Å². The molecule has 0 saturated carbocycles. The summed E-state index contributed by atoms with van der Waals surface area (Å²) in [6.07, 6.45) is 1.97. The van der Waals surface area contributed by atoms with Gasteiger partial charge in [-0.25, -0.2) is 8.78 Å². The molecule has 0 bridgehead atoms. The van der Waals surface area contributed by atoms with Gasteiger partial charge in [-0.05, 0) is 31.5 Å². The van der Waals surface area contributed by atoms with E-state index in [1.54, 1.807) is 0 Å². The molecule has 3 rings (SSSR count). The highest BCUT2D eigenvalue weighted by Gasteiger charge is 2.24. The summed E-state index contributed by atoms with van der Waals surface area (Å²) in [5, 5.41) is 7.09. The van der Waals surface area contributed by atoms with Crippen molar-refractivity contribution >= 4 is 15.9 Å². The molecule has 0 aliphatic carbocycles. The number of halogens is 3. The van der Waals surface area contributed by atoms with E-state index in [4.69, 9.17) is 4.52 Å². The number of hydrogen-bond donors (Lipinski definition) is 1. The van der Waals surface area contributed by atoms with Crippen LogP contribution in [-0.4, -0.2) is 23.2 Å². The fraction of sp³-hybridized carbons (Fsp3) is 0.385. The minimum atomic E-state index is -0.728. The predicted octanol–water partition coefficient (Wildman–Crippen LogP) is 3.24. The molecule has 1 aromatic heterocycles. The van der Waals surface area contributed by atoms with Crippen LogP contribution in [0.15, 0.2) is 21.1 Å². The molecule has 1 unspecified atom stereocenters. The van der Waals surface area contributed by atoms with E-state index in [9.17, 15) is 8.78 Å². The largest absolute Gasteiger partial charge is 0.334 e. The van der Waals surface area contributed by atoms with E-state index in [1.807, 2.05) is 0 Å². The van der Waals surface area contributed by atoms with Crippen LogP contribution in [0.25, 0.3) is 11.5 Å². The molecule has 1 aliphatic rings. The average molecular weight is 344 g/mol. The fourth-order valence-corrected chi connectivity index (χ4v) is 2.72. The maximum Gasteiger partial charge on any atom is 0.263 e. The second kappa shape index (κ2) is 5.57. The lowest BCUT2D eigenvalue weighted by Gasteiger charge is -2.19. The lowest BCUT2D eigenvalue weighted by Crippen LogP contribution is -2.28. The van der Waals surface area contributed by atoms with Crippen molar-refractivity contribution in [3.05, 3.63) is 34.1 Å². The zero-order valence-electron chi connectivity index (χ0n) is 10.5. The summed E-state index contributed by atoms with van der Waals surface area (Å²) in [6, 6.07) is 2.34. The molecule has 106 valence electrons. The number of nitrogens with zero attached hydrogens (tertiary/aromatic N) is 2. The zero-order valence-corrected chi connectivity index (χ0v) is 12.1. The monoisotopic (exact) mass is 343 g/mol. The third-order valence-electron chi connectivity index (χ3n) is 3.32. The summed E-state index contributed by atoms with van der Waals surface area (Å²) in [4.78, 5) is 4.14. The standard InChI is InChI=1S/C13H12BrF2N3O/c14-8-4-9(15)11(10(16)5-8)13-18-12(19-20-13)7-2-1-3-17-6-7/h4-5,7,17H,1-3,6H2. The molecule has 1 aliphatic heterocycles. The minimum absolute atomic E-state index is 0.118. The van der Waals surface area contributed by atoms with Gasteiger partial charge in [0.05, 0.1) is 0 Å². The van der Waals surface area contributed by atoms with Gasteiger partial charge >= 0.3 is 0 Å². The third kappa shape index (κ3) is 2.60. The first-order chi connectivity index (χ1) is 9.65. The van der Waals surface area contributed by atoms with Crippen molar-refractivity contribution < 1.29 is 13.3 Å². The Kier molecular flexibility index (Phi) is 3.80. The number of nitrogens with one attached hydrogen (secondary N) is 1. The van der Waals surface area contributed by atoms with Crippen LogP contribution < -0.4 is 5.32 Å². The van der Waals surface area contributed by atoms with Crippen LogP contribution in [0.1, 0.15) is 24.6 Å². The van der Waals surface area contributed by atoms with Crippen LogP contribution in [-0.2, 0) is 0 Å². The SMILES string of the molecule is Fc1cc(Br)cc(F)c1-c1nc(C2CCCNC2)no1. The van der Waals surface area contributed by atoms with Gasteiger partial charge in [0.1, 0.15) is 17.2 Å². The van der Waals surface area contributed by atoms with Crippen LogP contribution in [0.3, 0.4) is 0 Å². The number of piperidine rings is 1. The average Bonchev–Trinajstić information content (AvgIpc) is 2.88. The highest BCUT2D eigenvalue weighted by molar-refractivity contribution is 9.10. The molecule has 0 amide bonds. The molecule has 1 fully saturated rings. The number of benzene rings is 1. The van der Waals surface area contributed by atoms with Crippen LogP contribution in [0.2, 0.25) is 0 Å². The van der Waals surface area contributed by atoms with Crippen LogP contribution in [0.4, 0.5) is 8.78 Å². The molecule has 2 heterocycles. The lowest BCUT2D eigenvalue weighted by molar-refractivity contribution is 0.391. The molecule has 0 spiro atoms. The minimum Gasteiger partial charge on any atom is -0.334 e. The van der Waals surface area contributed by atoms with Gasteiger partial charge in [0.25, 0.3) is 5.89 Å². The highest BCUT2D eigenvalue weighted by Crippen LogP contribution is 2.29. The number of hydrogen-bond acceptors (Lipinski definition) is 4. The third-order valence-corrected chi connectivity index (χ3v) is 3.78. The lowest BCUT2D eigenvalue weighted by atomic mass is 9.99. The van der Waals surface area contributed by atoms with Crippen molar-refractivity contribution in [2.75, 3.05) is 13.1 Å². The summed E-state index contributed by atoms with van der Waals surface area (Å²) >= 11 is 3.03. The molecule has 2 aromatic rings. The maximum absolute atomic E-state index is 13.8. The molecule has 1 N–H and O–H groups in total. The Morgan fingerprint density at radius 2 is 2.05 bits per heavy atom. The highest BCUT2D eigenvalue weighted by atomic mass is 79.9. The zero-order chi connectivity index (χ0) is 14.1. The van der Waals surface area contributed by atoms with Gasteiger partial charge in [0.15, 0.2) is 5.82 Å². The van der Waals surface area contributed by atoms with Crippen LogP contribution in [0, 0.1) is 11.6 Å². The molecular weight excluding hydrogens is 332 g/mol. The molecular formula is C13H12BrF2N3O. The molecule has 4 nitrogen and oxygen atoms in total. The topological polar surface area (TPSA) is 51.0 Å². The predicted molar refractivity (Wildman–Crippen MR) is 72.2 cm³/mol. The summed E-state index contributed by atoms with van der Waals surface area (Å²) < 4.78 is 33.0. The Morgan fingerprint density at radius 1 is 1.30 bits per heavy atom. The van der Waals surface area contributed by atoms with Crippen LogP contribution in [0.5, 0.6) is 0 Å². The van der Waals surface area contributed by atoms with Crippen molar-refractivity contribution in [3.8, 4) is 11.5 Å². The van der Waals surface area contributed by atoms with Gasteiger partial charge in [-0.1, -0.05) is 21.1 Å². The Balaban J connectivity index is 1.94. The quantitative estimate of drug-likeness (QED) is 0.909. The van der Waals surface area contributed by atoms with E-state index in [-0.39, 0.29) is 17.4 Å². The molecule has 0 radical (unpaired) electrons. The smallest absolute Gasteiger partial charge is 0.263 e. The summed E-state index contributed by atoms with van der Waals surface area (Å²) in [6.45, 7) is 1.72. The number of aromatic nitrogens is 2. The first-order valence-electron chi connectivity index (χ1n) is 6.34. The van der Waals surface area contributed by atoms with Crippen molar-refractivity contribution in [2.24, 2.45) is 0 Å². The van der Waals surface area contributed by atoms with E-state index in [2.05, 4.69) is 31.4 Å². The van der Waals surface area contributed by atoms with Gasteiger partial charge < -0.3 is 9.84 Å². The van der Waals surface area contributed by atoms with Gasteiger partial charge in [-0.2, -0.15) is 4.98 Å². The van der Waals surface area contributed by atoms with Crippen LogP contribution >= 0.6 is 15.9 Å². The van der Waals surface area contributed by atoms with E-state index in [0.29, 0.717) is 10.3 Å². The first kappa shape index (κ1) is 13.6. The molecule has 7 heteroatoms. The molecule has 1 aromatic carbocycles. The fourth-order valence-electron chi connectivity index (χ4n) is 2.32. The maximum atomic E-state index is 13.8. The van der Waals surface area contributed by atoms with Gasteiger partial charge in [-0.3, -0.25) is 0 Å². The van der Waals surface area contributed by atoms with Crippen molar-refractivity contribution in [3.63, 3.8) is 0 Å². The normalized spacial score (nSPS) is 19.2. The first-order valence-corrected chi connectivity index (χ1v) is 7.13. The van der Waals surface area contributed by atoms with Gasteiger partial charge in [-0.15, -0.1) is 0 Å². The molecule has 1 atom stereocenters. The summed E-state index contributed by atoms with van der Waals surface area (Å²) in [5.41, 5.74) is -0.282. The van der Waals surface area contributed by atoms with Gasteiger partial charge in [0, 0.05) is 16.9 Å². The Morgan fingerprint density at radius 3 is 2.70 bits per heavy atom. The Bertz CT molecular complexity index is 603. The molecule has 20 heavy (non-hydrogen) atoms. The van der Waals surface area contributed by atoms with Crippen molar-refractivity contribution in [1.82, 2.24) is 15.5 Å². The van der Waals surface area contributed by atoms with E-state index < -0.39 is 11.6 Å². The van der Waals surface area contributed by atoms with E-state index in [1.165, 1.54) is 12.1 Å². The summed E-state index contributed by atoms with van der Waals surface area (Å²) in [5.74, 6) is -0.951. The van der Waals surface area contributed by atoms with Gasteiger partial charge in [0.2, 0.25) is 0 Å². The number of rotatable bonds is 2. The second-order valence-electron chi connectivity index (χ2n) is 4.75. The molecule has 1 saturated heterocycles. The Hall–Kier alpha value is -1.34.